The number of nitrogens with one attached hydrogen (secondary N) is 1. The van der Waals surface area contributed by atoms with Crippen LogP contribution < -0.4 is 5.32 Å². The van der Waals surface area contributed by atoms with Gasteiger partial charge in [0, 0.05) is 11.0 Å². The van der Waals surface area contributed by atoms with E-state index >= 15 is 0 Å². The molecule has 0 fully saturated rings. The van der Waals surface area contributed by atoms with Gasteiger partial charge in [-0.25, -0.2) is 0 Å². The third kappa shape index (κ3) is 4.86. The number of carbonyl (C=O) groups excluding carboxylic acids is 2. The third-order valence-corrected chi connectivity index (χ3v) is 2.91. The molecule has 0 aromatic heterocycles. The second kappa shape index (κ2) is 6.50. The maximum Gasteiger partial charge on any atom is 0.225 e. The zero-order chi connectivity index (χ0) is 14.5. The second-order valence-corrected chi connectivity index (χ2v) is 5.80. The third-order valence-electron chi connectivity index (χ3n) is 2.91. The predicted octanol–water partition coefficient (Wildman–Crippen LogP) is 2.98. The quantitative estimate of drug-likeness (QED) is 0.828. The first-order valence-corrected chi connectivity index (χ1v) is 6.75. The van der Waals surface area contributed by atoms with Gasteiger partial charge in [-0.3, -0.25) is 9.59 Å². The van der Waals surface area contributed by atoms with Gasteiger partial charge in [0.05, 0.1) is 6.54 Å². The van der Waals surface area contributed by atoms with Crippen molar-refractivity contribution < 1.29 is 9.59 Å². The van der Waals surface area contributed by atoms with Gasteiger partial charge in [0.15, 0.2) is 5.78 Å². The highest BCUT2D eigenvalue weighted by Gasteiger charge is 2.21. The normalized spacial score (nSPS) is 11.2. The first-order chi connectivity index (χ1) is 8.84. The number of amides is 1. The fourth-order valence-electron chi connectivity index (χ4n) is 1.67. The summed E-state index contributed by atoms with van der Waals surface area (Å²) in [4.78, 5) is 23.6. The molecule has 1 N–H and O–H groups in total. The van der Waals surface area contributed by atoms with E-state index in [0.717, 1.165) is 12.8 Å². The molecular weight excluding hydrogens is 238 g/mol. The Bertz CT molecular complexity index is 441. The fourth-order valence-corrected chi connectivity index (χ4v) is 1.67. The summed E-state index contributed by atoms with van der Waals surface area (Å²) in [7, 11) is 0. The molecule has 0 unspecified atom stereocenters. The summed E-state index contributed by atoms with van der Waals surface area (Å²) in [6.07, 6.45) is 2.12. The average Bonchev–Trinajstić information content (AvgIpc) is 2.35. The number of hydrogen-bond acceptors (Lipinski definition) is 2. The number of rotatable bonds is 5. The first-order valence-electron chi connectivity index (χ1n) is 6.75. The van der Waals surface area contributed by atoms with Crippen molar-refractivity contribution in [3.05, 3.63) is 35.4 Å². The Hall–Kier alpha value is -1.64. The average molecular weight is 261 g/mol. The lowest BCUT2D eigenvalue weighted by Gasteiger charge is -2.17. The summed E-state index contributed by atoms with van der Waals surface area (Å²) < 4.78 is 0. The molecule has 0 saturated heterocycles. The van der Waals surface area contributed by atoms with E-state index in [9.17, 15) is 9.59 Å². The number of hydrogen-bond donors (Lipinski definition) is 1. The molecule has 0 aliphatic rings. The predicted molar refractivity (Wildman–Crippen MR) is 77.2 cm³/mol. The lowest BCUT2D eigenvalue weighted by atomic mass is 9.95. The molecule has 3 nitrogen and oxygen atoms in total. The first kappa shape index (κ1) is 15.4. The lowest BCUT2D eigenvalue weighted by Crippen LogP contribution is -2.37. The second-order valence-electron chi connectivity index (χ2n) is 5.80. The minimum absolute atomic E-state index is 0.0550. The molecule has 0 atom stereocenters. The largest absolute Gasteiger partial charge is 0.348 e. The molecule has 1 aromatic rings. The van der Waals surface area contributed by atoms with Gasteiger partial charge in [-0.1, -0.05) is 58.4 Å². The van der Waals surface area contributed by atoms with Gasteiger partial charge in [-0.15, -0.1) is 0 Å². The van der Waals surface area contributed by atoms with E-state index in [-0.39, 0.29) is 18.2 Å². The highest BCUT2D eigenvalue weighted by molar-refractivity contribution is 5.99. The van der Waals surface area contributed by atoms with Crippen LogP contribution in [0.15, 0.2) is 24.3 Å². The van der Waals surface area contributed by atoms with Gasteiger partial charge in [0.1, 0.15) is 0 Å². The highest BCUT2D eigenvalue weighted by Crippen LogP contribution is 2.12. The van der Waals surface area contributed by atoms with E-state index in [0.29, 0.717) is 5.56 Å². The van der Waals surface area contributed by atoms with Crippen molar-refractivity contribution >= 4 is 11.7 Å². The van der Waals surface area contributed by atoms with Gasteiger partial charge in [0.25, 0.3) is 0 Å². The summed E-state index contributed by atoms with van der Waals surface area (Å²) in [5, 5.41) is 2.67. The Labute approximate surface area is 115 Å². The molecule has 1 amide bonds. The molecule has 0 aliphatic heterocycles. The van der Waals surface area contributed by atoms with E-state index in [4.69, 9.17) is 0 Å². The van der Waals surface area contributed by atoms with Crippen molar-refractivity contribution in [2.45, 2.75) is 40.5 Å². The van der Waals surface area contributed by atoms with Crippen LogP contribution in [0.25, 0.3) is 0 Å². The smallest absolute Gasteiger partial charge is 0.225 e. The monoisotopic (exact) mass is 261 g/mol. The van der Waals surface area contributed by atoms with Crippen LogP contribution >= 0.6 is 0 Å². The topological polar surface area (TPSA) is 46.2 Å². The molecule has 0 heterocycles. The molecule has 3 heteroatoms. The molecule has 104 valence electrons. The van der Waals surface area contributed by atoms with Crippen molar-refractivity contribution in [2.24, 2.45) is 5.41 Å². The van der Waals surface area contributed by atoms with E-state index in [1.54, 1.807) is 0 Å². The van der Waals surface area contributed by atoms with Gasteiger partial charge < -0.3 is 5.32 Å². The SMILES string of the molecule is CCCc1ccc(C(=O)CNC(=O)C(C)(C)C)cc1. The Morgan fingerprint density at radius 2 is 1.68 bits per heavy atom. The molecule has 0 aliphatic carbocycles. The summed E-state index contributed by atoms with van der Waals surface area (Å²) in [6, 6.07) is 7.61. The maximum atomic E-state index is 11.9. The lowest BCUT2D eigenvalue weighted by molar-refractivity contribution is -0.128. The van der Waals surface area contributed by atoms with Crippen molar-refractivity contribution in [3.8, 4) is 0 Å². The number of carbonyl (C=O) groups is 2. The number of Topliss-reactive ketones (excluding diaryl/α,β-unsaturated/α-hetero) is 1. The van der Waals surface area contributed by atoms with Crippen molar-refractivity contribution in [3.63, 3.8) is 0 Å². The summed E-state index contributed by atoms with van der Waals surface area (Å²) in [5.74, 6) is -0.163. The van der Waals surface area contributed by atoms with Gasteiger partial charge in [-0.2, -0.15) is 0 Å². The molecule has 0 saturated carbocycles. The Morgan fingerprint density at radius 3 is 2.16 bits per heavy atom. The summed E-state index contributed by atoms with van der Waals surface area (Å²) in [6.45, 7) is 7.66. The van der Waals surface area contributed by atoms with Crippen LogP contribution in [0, 0.1) is 5.41 Å². The van der Waals surface area contributed by atoms with Crippen LogP contribution in [-0.2, 0) is 11.2 Å². The fraction of sp³-hybridized carbons (Fsp3) is 0.500. The molecule has 1 aromatic carbocycles. The standard InChI is InChI=1S/C16H23NO2/c1-5-6-12-7-9-13(10-8-12)14(18)11-17-15(19)16(2,3)4/h7-10H,5-6,11H2,1-4H3,(H,17,19). The molecule has 0 spiro atoms. The van der Waals surface area contributed by atoms with Gasteiger partial charge in [-0.05, 0) is 12.0 Å². The van der Waals surface area contributed by atoms with E-state index < -0.39 is 5.41 Å². The van der Waals surface area contributed by atoms with Crippen LogP contribution in [0.5, 0.6) is 0 Å². The van der Waals surface area contributed by atoms with E-state index in [1.165, 1.54) is 5.56 Å². The maximum absolute atomic E-state index is 11.9. The van der Waals surface area contributed by atoms with Crippen LogP contribution in [0.1, 0.15) is 50.0 Å². The zero-order valence-electron chi connectivity index (χ0n) is 12.2. The minimum Gasteiger partial charge on any atom is -0.348 e. The molecule has 0 radical (unpaired) electrons. The molecule has 1 rings (SSSR count). The van der Waals surface area contributed by atoms with E-state index in [2.05, 4.69) is 12.2 Å². The highest BCUT2D eigenvalue weighted by atomic mass is 16.2. The number of benzene rings is 1. The van der Waals surface area contributed by atoms with Crippen LogP contribution in [-0.4, -0.2) is 18.2 Å². The van der Waals surface area contributed by atoms with Crippen LogP contribution in [0.4, 0.5) is 0 Å². The molecular formula is C16H23NO2. The Morgan fingerprint density at radius 1 is 1.11 bits per heavy atom. The zero-order valence-corrected chi connectivity index (χ0v) is 12.2. The Kier molecular flexibility index (Phi) is 5.28. The van der Waals surface area contributed by atoms with Crippen LogP contribution in [0.3, 0.4) is 0 Å². The van der Waals surface area contributed by atoms with Crippen molar-refractivity contribution in [1.82, 2.24) is 5.32 Å². The number of ketones is 1. The van der Waals surface area contributed by atoms with Gasteiger partial charge >= 0.3 is 0 Å². The molecule has 0 bridgehead atoms. The summed E-state index contributed by atoms with van der Waals surface area (Å²) >= 11 is 0. The Balaban J connectivity index is 2.56. The van der Waals surface area contributed by atoms with Crippen molar-refractivity contribution in [1.29, 1.82) is 0 Å². The number of aryl methyl sites for hydroxylation is 1. The minimum atomic E-state index is -0.467. The van der Waals surface area contributed by atoms with Crippen molar-refractivity contribution in [2.75, 3.05) is 6.54 Å². The van der Waals surface area contributed by atoms with Gasteiger partial charge in [0.2, 0.25) is 5.91 Å². The molecule has 19 heavy (non-hydrogen) atoms. The van der Waals surface area contributed by atoms with Crippen LogP contribution in [0.2, 0.25) is 0 Å². The van der Waals surface area contributed by atoms with E-state index in [1.807, 2.05) is 45.0 Å². The summed E-state index contributed by atoms with van der Waals surface area (Å²) in [5.41, 5.74) is 1.41.